The van der Waals surface area contributed by atoms with Gasteiger partial charge >= 0.3 is 0 Å². The molecule has 6 nitrogen and oxygen atoms in total. The van der Waals surface area contributed by atoms with E-state index in [0.29, 0.717) is 23.0 Å². The van der Waals surface area contributed by atoms with Gasteiger partial charge in [0, 0.05) is 5.56 Å². The Hall–Kier alpha value is -2.89. The van der Waals surface area contributed by atoms with Gasteiger partial charge in [-0.25, -0.2) is 4.98 Å². The van der Waals surface area contributed by atoms with Crippen LogP contribution < -0.4 is 4.74 Å². The van der Waals surface area contributed by atoms with Crippen molar-refractivity contribution < 1.29 is 14.1 Å². The van der Waals surface area contributed by atoms with Crippen molar-refractivity contribution in [2.75, 3.05) is 7.11 Å². The number of aromatic nitrogens is 3. The van der Waals surface area contributed by atoms with Crippen LogP contribution in [0.1, 0.15) is 21.9 Å². The zero-order valence-electron chi connectivity index (χ0n) is 12.5. The first-order valence-electron chi connectivity index (χ1n) is 6.76. The highest BCUT2D eigenvalue weighted by atomic mass is 16.5. The number of hydrogen-bond acceptors (Lipinski definition) is 5. The zero-order chi connectivity index (χ0) is 15.7. The molecule has 2 heterocycles. The van der Waals surface area contributed by atoms with Gasteiger partial charge in [0.2, 0.25) is 0 Å². The van der Waals surface area contributed by atoms with Gasteiger partial charge < -0.3 is 9.26 Å². The fourth-order valence-corrected chi connectivity index (χ4v) is 2.42. The van der Waals surface area contributed by atoms with E-state index in [1.807, 2.05) is 38.1 Å². The third-order valence-corrected chi connectivity index (χ3v) is 3.48. The van der Waals surface area contributed by atoms with Crippen molar-refractivity contribution in [1.82, 2.24) is 14.7 Å². The third-order valence-electron chi connectivity index (χ3n) is 3.48. The lowest BCUT2D eigenvalue weighted by Crippen LogP contribution is -2.04. The molecule has 0 saturated carbocycles. The lowest BCUT2D eigenvalue weighted by molar-refractivity contribution is 0.111. The first kappa shape index (κ1) is 14.1. The van der Waals surface area contributed by atoms with E-state index in [4.69, 9.17) is 9.26 Å². The maximum Gasteiger partial charge on any atom is 0.168 e. The minimum absolute atomic E-state index is 0.445. The van der Waals surface area contributed by atoms with Gasteiger partial charge in [0.25, 0.3) is 0 Å². The molecule has 0 fully saturated rings. The van der Waals surface area contributed by atoms with Gasteiger partial charge in [0.05, 0.1) is 13.3 Å². The second kappa shape index (κ2) is 5.48. The quantitative estimate of drug-likeness (QED) is 0.692. The van der Waals surface area contributed by atoms with Gasteiger partial charge in [-0.05, 0) is 38.1 Å². The molecule has 0 aliphatic carbocycles. The number of carbonyl (C=O) groups excluding carboxylic acids is 1. The Kier molecular flexibility index (Phi) is 3.50. The smallest absolute Gasteiger partial charge is 0.168 e. The molecule has 0 radical (unpaired) electrons. The number of rotatable bonds is 4. The standard InChI is InChI=1S/C16H15N3O3/c1-10-15(11(2)22-18-10)19-13(9-20)8-17-16(19)12-4-6-14(21-3)7-5-12/h4-9H,1-3H3. The van der Waals surface area contributed by atoms with Crippen LogP contribution in [0, 0.1) is 13.8 Å². The molecule has 112 valence electrons. The fraction of sp³-hybridized carbons (Fsp3) is 0.188. The maximum absolute atomic E-state index is 11.4. The summed E-state index contributed by atoms with van der Waals surface area (Å²) in [4.78, 5) is 15.7. The molecule has 0 amide bonds. The molecule has 0 aliphatic rings. The van der Waals surface area contributed by atoms with Gasteiger partial charge in [-0.3, -0.25) is 9.36 Å². The van der Waals surface area contributed by atoms with E-state index >= 15 is 0 Å². The van der Waals surface area contributed by atoms with Crippen LogP contribution in [0.15, 0.2) is 35.0 Å². The van der Waals surface area contributed by atoms with E-state index in [2.05, 4.69) is 10.1 Å². The maximum atomic E-state index is 11.4. The van der Waals surface area contributed by atoms with Crippen LogP contribution >= 0.6 is 0 Å². The molecule has 2 aromatic heterocycles. The number of nitrogens with zero attached hydrogens (tertiary/aromatic N) is 3. The van der Waals surface area contributed by atoms with Crippen LogP contribution in [0.25, 0.3) is 17.1 Å². The van der Waals surface area contributed by atoms with Crippen molar-refractivity contribution in [1.29, 1.82) is 0 Å². The average Bonchev–Trinajstić information content (AvgIpc) is 3.10. The van der Waals surface area contributed by atoms with Gasteiger partial charge in [-0.1, -0.05) is 5.16 Å². The Balaban J connectivity index is 2.21. The highest BCUT2D eigenvalue weighted by Gasteiger charge is 2.19. The molecular formula is C16H15N3O3. The Morgan fingerprint density at radius 1 is 1.23 bits per heavy atom. The van der Waals surface area contributed by atoms with Crippen molar-refractivity contribution in [3.05, 3.63) is 47.6 Å². The third kappa shape index (κ3) is 2.18. The predicted octanol–water partition coefficient (Wildman–Crippen LogP) is 2.97. The topological polar surface area (TPSA) is 70.2 Å². The monoisotopic (exact) mass is 297 g/mol. The largest absolute Gasteiger partial charge is 0.497 e. The minimum atomic E-state index is 0.445. The number of aryl methyl sites for hydroxylation is 2. The molecule has 22 heavy (non-hydrogen) atoms. The van der Waals surface area contributed by atoms with E-state index in [9.17, 15) is 4.79 Å². The van der Waals surface area contributed by atoms with Gasteiger partial charge in [0.1, 0.15) is 28.6 Å². The molecule has 0 saturated heterocycles. The highest BCUT2D eigenvalue weighted by Crippen LogP contribution is 2.28. The summed E-state index contributed by atoms with van der Waals surface area (Å²) in [5.41, 5.74) is 2.76. The number of carbonyl (C=O) groups is 1. The molecule has 0 N–H and O–H groups in total. The lowest BCUT2D eigenvalue weighted by Gasteiger charge is -2.09. The molecule has 3 aromatic rings. The second-order valence-corrected chi connectivity index (χ2v) is 4.86. The summed E-state index contributed by atoms with van der Waals surface area (Å²) < 4.78 is 12.1. The number of imidazole rings is 1. The van der Waals surface area contributed by atoms with Crippen LogP contribution in [0.5, 0.6) is 5.75 Å². The Morgan fingerprint density at radius 3 is 2.50 bits per heavy atom. The van der Waals surface area contributed by atoms with Crippen LogP contribution in [0.4, 0.5) is 0 Å². The average molecular weight is 297 g/mol. The summed E-state index contributed by atoms with van der Waals surface area (Å²) in [6.07, 6.45) is 2.31. The molecule has 0 aliphatic heterocycles. The fourth-order valence-electron chi connectivity index (χ4n) is 2.42. The molecule has 1 aromatic carbocycles. The minimum Gasteiger partial charge on any atom is -0.497 e. The summed E-state index contributed by atoms with van der Waals surface area (Å²) in [5, 5.41) is 3.95. The van der Waals surface area contributed by atoms with Crippen molar-refractivity contribution in [2.24, 2.45) is 0 Å². The summed E-state index contributed by atoms with van der Waals surface area (Å²) in [6.45, 7) is 3.64. The van der Waals surface area contributed by atoms with Gasteiger partial charge in [-0.15, -0.1) is 0 Å². The number of aldehydes is 1. The molecule has 3 rings (SSSR count). The van der Waals surface area contributed by atoms with Crippen LogP contribution in [-0.2, 0) is 0 Å². The van der Waals surface area contributed by atoms with E-state index in [-0.39, 0.29) is 0 Å². The number of ether oxygens (including phenoxy) is 1. The summed E-state index contributed by atoms with van der Waals surface area (Å²) in [5.74, 6) is 2.04. The molecule has 0 spiro atoms. The molecule has 6 heteroatoms. The van der Waals surface area contributed by atoms with E-state index in [0.717, 1.165) is 23.3 Å². The predicted molar refractivity (Wildman–Crippen MR) is 80.5 cm³/mol. The van der Waals surface area contributed by atoms with Crippen molar-refractivity contribution in [3.63, 3.8) is 0 Å². The van der Waals surface area contributed by atoms with E-state index in [1.165, 1.54) is 0 Å². The second-order valence-electron chi connectivity index (χ2n) is 4.86. The van der Waals surface area contributed by atoms with E-state index in [1.54, 1.807) is 17.9 Å². The number of benzene rings is 1. The lowest BCUT2D eigenvalue weighted by atomic mass is 10.2. The van der Waals surface area contributed by atoms with Gasteiger partial charge in [0.15, 0.2) is 12.0 Å². The van der Waals surface area contributed by atoms with E-state index < -0.39 is 0 Å². The summed E-state index contributed by atoms with van der Waals surface area (Å²) >= 11 is 0. The van der Waals surface area contributed by atoms with Gasteiger partial charge in [-0.2, -0.15) is 0 Å². The SMILES string of the molecule is COc1ccc(-c2ncc(C=O)n2-c2c(C)noc2C)cc1. The first-order chi connectivity index (χ1) is 10.7. The van der Waals surface area contributed by atoms with Crippen molar-refractivity contribution in [3.8, 4) is 22.8 Å². The molecule has 0 unspecified atom stereocenters. The number of hydrogen-bond donors (Lipinski definition) is 0. The Morgan fingerprint density at radius 2 is 1.95 bits per heavy atom. The van der Waals surface area contributed by atoms with Crippen LogP contribution in [0.2, 0.25) is 0 Å². The van der Waals surface area contributed by atoms with Crippen LogP contribution in [-0.4, -0.2) is 28.1 Å². The Labute approximate surface area is 127 Å². The summed E-state index contributed by atoms with van der Waals surface area (Å²) in [7, 11) is 1.62. The number of methoxy groups -OCH3 is 1. The Bertz CT molecular complexity index is 796. The summed E-state index contributed by atoms with van der Waals surface area (Å²) in [6, 6.07) is 7.49. The molecular weight excluding hydrogens is 282 g/mol. The van der Waals surface area contributed by atoms with Crippen LogP contribution in [0.3, 0.4) is 0 Å². The highest BCUT2D eigenvalue weighted by molar-refractivity contribution is 5.77. The first-order valence-corrected chi connectivity index (χ1v) is 6.76. The van der Waals surface area contributed by atoms with Crippen molar-refractivity contribution >= 4 is 6.29 Å². The normalized spacial score (nSPS) is 10.7. The molecule has 0 bridgehead atoms. The van der Waals surface area contributed by atoms with Crippen molar-refractivity contribution in [2.45, 2.75) is 13.8 Å². The zero-order valence-corrected chi connectivity index (χ0v) is 12.5. The molecule has 0 atom stereocenters.